The molecule has 0 aliphatic carbocycles. The average Bonchev–Trinajstić information content (AvgIpc) is 2.78. The second kappa shape index (κ2) is 9.07. The molecule has 4 nitrogen and oxygen atoms in total. The molecule has 0 spiro atoms. The van der Waals surface area contributed by atoms with Crippen molar-refractivity contribution < 1.29 is 9.53 Å². The van der Waals surface area contributed by atoms with Crippen LogP contribution in [0.3, 0.4) is 0 Å². The number of thioether (sulfide) groups is 1. The molecule has 2 rings (SSSR count). The lowest BCUT2D eigenvalue weighted by Gasteiger charge is -2.20. The Morgan fingerprint density at radius 1 is 1.24 bits per heavy atom. The Labute approximate surface area is 181 Å². The van der Waals surface area contributed by atoms with Crippen LogP contribution in [0.15, 0.2) is 22.0 Å². The molecule has 0 saturated carbocycles. The van der Waals surface area contributed by atoms with Crippen molar-refractivity contribution in [2.45, 2.75) is 46.7 Å². The zero-order chi connectivity index (χ0) is 18.7. The summed E-state index contributed by atoms with van der Waals surface area (Å²) in [5.41, 5.74) is 1.00. The predicted molar refractivity (Wildman–Crippen MR) is 123 cm³/mol. The Morgan fingerprint density at radius 2 is 1.84 bits per heavy atom. The first kappa shape index (κ1) is 21.0. The summed E-state index contributed by atoms with van der Waals surface area (Å²) in [6.07, 6.45) is 1.95. The first-order valence-corrected chi connectivity index (χ1v) is 11.1. The normalized spacial score (nSPS) is 18.3. The molecule has 1 amide bonds. The summed E-state index contributed by atoms with van der Waals surface area (Å²) in [5.74, 6) is 0.931. The summed E-state index contributed by atoms with van der Waals surface area (Å²) in [4.78, 5) is 19.9. The van der Waals surface area contributed by atoms with Gasteiger partial charge in [0.1, 0.15) is 5.75 Å². The number of hydrogen-bond acceptors (Lipinski definition) is 4. The number of carbonyl (C=O) groups is 1. The maximum Gasteiger partial charge on any atom is 0.266 e. The van der Waals surface area contributed by atoms with Crippen molar-refractivity contribution in [3.63, 3.8) is 0 Å². The molecule has 1 heterocycles. The van der Waals surface area contributed by atoms with E-state index in [-0.39, 0.29) is 18.0 Å². The number of amidine groups is 1. The van der Waals surface area contributed by atoms with Crippen LogP contribution in [0.25, 0.3) is 6.08 Å². The fraction of sp³-hybridized carbons (Fsp3) is 0.444. The van der Waals surface area contributed by atoms with Crippen molar-refractivity contribution in [2.75, 3.05) is 6.61 Å². The zero-order valence-electron chi connectivity index (χ0n) is 15.0. The van der Waals surface area contributed by atoms with Crippen LogP contribution in [-0.4, -0.2) is 34.7 Å². The van der Waals surface area contributed by atoms with Gasteiger partial charge in [-0.05, 0) is 115 Å². The molecule has 0 atom stereocenters. The topological polar surface area (TPSA) is 41.9 Å². The van der Waals surface area contributed by atoms with E-state index < -0.39 is 0 Å². The number of ether oxygens (including phenoxy) is 1. The lowest BCUT2D eigenvalue weighted by molar-refractivity contribution is -0.123. The highest BCUT2D eigenvalue weighted by atomic mass is 127. The van der Waals surface area contributed by atoms with Crippen LogP contribution in [0.1, 0.15) is 40.2 Å². The number of carbonyl (C=O) groups excluding carboxylic acids is 1. The number of aliphatic imine (C=N–C) groups is 1. The van der Waals surface area contributed by atoms with Crippen LogP contribution >= 0.6 is 56.9 Å². The van der Waals surface area contributed by atoms with E-state index in [9.17, 15) is 4.79 Å². The van der Waals surface area contributed by atoms with Crippen LogP contribution in [0.2, 0.25) is 0 Å². The summed E-state index contributed by atoms with van der Waals surface area (Å²) < 4.78 is 7.78. The Bertz CT molecular complexity index is 707. The van der Waals surface area contributed by atoms with Crippen LogP contribution in [0, 0.1) is 7.14 Å². The average molecular weight is 584 g/mol. The van der Waals surface area contributed by atoms with E-state index >= 15 is 0 Å². The number of hydrogen-bond donors (Lipinski definition) is 0. The van der Waals surface area contributed by atoms with E-state index in [1.54, 1.807) is 4.90 Å². The van der Waals surface area contributed by atoms with Gasteiger partial charge in [0.15, 0.2) is 5.17 Å². The fourth-order valence-corrected chi connectivity index (χ4v) is 5.71. The highest BCUT2D eigenvalue weighted by molar-refractivity contribution is 14.1. The highest BCUT2D eigenvalue weighted by Crippen LogP contribution is 2.36. The van der Waals surface area contributed by atoms with Gasteiger partial charge in [0.2, 0.25) is 0 Å². The molecular weight excluding hydrogens is 562 g/mol. The summed E-state index contributed by atoms with van der Waals surface area (Å²) in [6, 6.07) is 4.34. The van der Waals surface area contributed by atoms with Crippen molar-refractivity contribution in [2.24, 2.45) is 4.99 Å². The summed E-state index contributed by atoms with van der Waals surface area (Å²) >= 11 is 6.01. The van der Waals surface area contributed by atoms with E-state index in [2.05, 4.69) is 50.2 Å². The van der Waals surface area contributed by atoms with Gasteiger partial charge in [0.25, 0.3) is 5.91 Å². The molecule has 7 heteroatoms. The molecule has 0 aromatic heterocycles. The second-order valence-electron chi connectivity index (χ2n) is 6.13. The van der Waals surface area contributed by atoms with Crippen molar-refractivity contribution in [1.29, 1.82) is 0 Å². The number of rotatable bonds is 5. The van der Waals surface area contributed by atoms with Gasteiger partial charge in [0.05, 0.1) is 18.7 Å². The monoisotopic (exact) mass is 584 g/mol. The Hall–Kier alpha value is -0.290. The molecule has 1 saturated heterocycles. The van der Waals surface area contributed by atoms with Gasteiger partial charge in [0, 0.05) is 12.1 Å². The molecule has 0 radical (unpaired) electrons. The molecule has 0 bridgehead atoms. The molecule has 136 valence electrons. The van der Waals surface area contributed by atoms with Crippen LogP contribution in [0.5, 0.6) is 5.75 Å². The molecule has 1 aromatic rings. The van der Waals surface area contributed by atoms with E-state index in [0.29, 0.717) is 11.5 Å². The largest absolute Gasteiger partial charge is 0.492 e. The molecule has 1 aliphatic heterocycles. The van der Waals surface area contributed by atoms with E-state index in [1.165, 1.54) is 11.8 Å². The first-order valence-electron chi connectivity index (χ1n) is 8.17. The maximum atomic E-state index is 12.8. The smallest absolute Gasteiger partial charge is 0.266 e. The van der Waals surface area contributed by atoms with Crippen molar-refractivity contribution in [1.82, 2.24) is 4.90 Å². The number of nitrogens with zero attached hydrogens (tertiary/aromatic N) is 2. The second-order valence-corrected chi connectivity index (χ2v) is 9.47. The molecule has 0 unspecified atom stereocenters. The third-order valence-corrected chi connectivity index (χ3v) is 5.93. The van der Waals surface area contributed by atoms with Gasteiger partial charge >= 0.3 is 0 Å². The van der Waals surface area contributed by atoms with Gasteiger partial charge < -0.3 is 4.74 Å². The van der Waals surface area contributed by atoms with Gasteiger partial charge in [-0.3, -0.25) is 14.7 Å². The number of benzene rings is 1. The quantitative estimate of drug-likeness (QED) is 0.345. The highest BCUT2D eigenvalue weighted by Gasteiger charge is 2.35. The number of amides is 1. The summed E-state index contributed by atoms with van der Waals surface area (Å²) in [6.45, 7) is 10.7. The lowest BCUT2D eigenvalue weighted by atomic mass is 10.2. The van der Waals surface area contributed by atoms with E-state index in [1.807, 2.05) is 52.8 Å². The minimum Gasteiger partial charge on any atom is -0.492 e. The van der Waals surface area contributed by atoms with Gasteiger partial charge in [-0.2, -0.15) is 0 Å². The van der Waals surface area contributed by atoms with Gasteiger partial charge in [-0.15, -0.1) is 0 Å². The van der Waals surface area contributed by atoms with Crippen LogP contribution < -0.4 is 4.74 Å². The third-order valence-electron chi connectivity index (χ3n) is 3.33. The van der Waals surface area contributed by atoms with Crippen LogP contribution in [-0.2, 0) is 4.79 Å². The molecule has 1 fully saturated rings. The zero-order valence-corrected chi connectivity index (χ0v) is 20.1. The Balaban J connectivity index is 2.40. The minimum atomic E-state index is 0.0262. The van der Waals surface area contributed by atoms with Crippen molar-refractivity contribution >= 4 is 74.1 Å². The Kier molecular flexibility index (Phi) is 7.63. The molecule has 25 heavy (non-hydrogen) atoms. The van der Waals surface area contributed by atoms with Gasteiger partial charge in [-0.1, -0.05) is 0 Å². The lowest BCUT2D eigenvalue weighted by Crippen LogP contribution is -2.35. The van der Waals surface area contributed by atoms with E-state index in [0.717, 1.165) is 23.6 Å². The molecule has 1 aromatic carbocycles. The van der Waals surface area contributed by atoms with Crippen molar-refractivity contribution in [3.05, 3.63) is 29.7 Å². The molecular formula is C18H22I2N2O2S. The first-order chi connectivity index (χ1) is 11.7. The van der Waals surface area contributed by atoms with Gasteiger partial charge in [-0.25, -0.2) is 0 Å². The summed E-state index contributed by atoms with van der Waals surface area (Å²) in [5, 5.41) is 0.789. The standard InChI is InChI=1S/C18H22I2N2O2S/c1-6-24-16-13(19)7-12(8-14(16)20)9-15-17(23)22(11(4)5)18(25-15)21-10(2)3/h7-11H,6H2,1-5H3/b15-9+,21-18?. The van der Waals surface area contributed by atoms with E-state index in [4.69, 9.17) is 4.74 Å². The molecule has 0 N–H and O–H groups in total. The predicted octanol–water partition coefficient (Wildman–Crippen LogP) is 5.38. The third kappa shape index (κ3) is 5.12. The Morgan fingerprint density at radius 3 is 2.32 bits per heavy atom. The summed E-state index contributed by atoms with van der Waals surface area (Å²) in [7, 11) is 0. The number of halogens is 2. The minimum absolute atomic E-state index is 0.0262. The van der Waals surface area contributed by atoms with Crippen molar-refractivity contribution in [3.8, 4) is 5.75 Å². The SMILES string of the molecule is CCOc1c(I)cc(/C=C2/SC(=NC(C)C)N(C(C)C)C2=O)cc1I. The van der Waals surface area contributed by atoms with Crippen LogP contribution in [0.4, 0.5) is 0 Å². The maximum absolute atomic E-state index is 12.8. The molecule has 1 aliphatic rings. The fourth-order valence-electron chi connectivity index (χ4n) is 2.35.